The summed E-state index contributed by atoms with van der Waals surface area (Å²) >= 11 is 3.67. The summed E-state index contributed by atoms with van der Waals surface area (Å²) in [5, 5.41) is 6.29. The van der Waals surface area contributed by atoms with Gasteiger partial charge in [-0.15, -0.1) is 0 Å². The Morgan fingerprint density at radius 2 is 1.81 bits per heavy atom. The summed E-state index contributed by atoms with van der Waals surface area (Å²) in [6, 6.07) is 13.6. The van der Waals surface area contributed by atoms with Crippen molar-refractivity contribution in [3.63, 3.8) is 0 Å². The molecule has 0 amide bonds. The molecule has 2 aromatic rings. The molecule has 1 heterocycles. The Hall–Kier alpha value is -1.06. The molecule has 3 rings (SSSR count). The molecule has 1 unspecified atom stereocenters. The maximum Gasteiger partial charge on any atom is 0.0447 e. The zero-order chi connectivity index (χ0) is 15.0. The van der Waals surface area contributed by atoms with Gasteiger partial charge in [-0.25, -0.2) is 0 Å². The Bertz CT molecular complexity index is 645. The standard InChI is InChI=1S/C18H23BrN2/c1-18(2,3)17-12-21(11-10-20-17)16-9-8-15(19)13-6-4-5-7-14(13)16/h4-9,17,20H,10-12H2,1-3H3. The summed E-state index contributed by atoms with van der Waals surface area (Å²) in [5.74, 6) is 0. The molecular formula is C18H23BrN2. The first-order valence-electron chi connectivity index (χ1n) is 7.62. The summed E-state index contributed by atoms with van der Waals surface area (Å²) in [7, 11) is 0. The first-order chi connectivity index (χ1) is 9.97. The number of halogens is 1. The number of hydrogen-bond acceptors (Lipinski definition) is 2. The van der Waals surface area contributed by atoms with Crippen molar-refractivity contribution in [2.45, 2.75) is 26.8 Å². The quantitative estimate of drug-likeness (QED) is 0.821. The fraction of sp³-hybridized carbons (Fsp3) is 0.444. The molecule has 1 atom stereocenters. The number of benzene rings is 2. The fourth-order valence-electron chi connectivity index (χ4n) is 3.07. The monoisotopic (exact) mass is 346 g/mol. The van der Waals surface area contributed by atoms with E-state index in [4.69, 9.17) is 0 Å². The highest BCUT2D eigenvalue weighted by Gasteiger charge is 2.29. The topological polar surface area (TPSA) is 15.3 Å². The summed E-state index contributed by atoms with van der Waals surface area (Å²) in [4.78, 5) is 2.53. The molecule has 0 spiro atoms. The highest BCUT2D eigenvalue weighted by atomic mass is 79.9. The average molecular weight is 347 g/mol. The maximum atomic E-state index is 3.67. The lowest BCUT2D eigenvalue weighted by atomic mass is 9.85. The number of rotatable bonds is 1. The van der Waals surface area contributed by atoms with E-state index >= 15 is 0 Å². The van der Waals surface area contributed by atoms with Gasteiger partial charge in [-0.05, 0) is 22.9 Å². The van der Waals surface area contributed by atoms with Crippen molar-refractivity contribution in [3.8, 4) is 0 Å². The molecule has 0 radical (unpaired) electrons. The van der Waals surface area contributed by atoms with Gasteiger partial charge in [0.05, 0.1) is 0 Å². The smallest absolute Gasteiger partial charge is 0.0447 e. The van der Waals surface area contributed by atoms with Crippen molar-refractivity contribution >= 4 is 32.4 Å². The number of nitrogens with zero attached hydrogens (tertiary/aromatic N) is 1. The van der Waals surface area contributed by atoms with E-state index in [0.29, 0.717) is 6.04 Å². The SMILES string of the molecule is CC(C)(C)C1CN(c2ccc(Br)c3ccccc23)CCN1. The third-order valence-corrected chi connectivity index (χ3v) is 5.10. The van der Waals surface area contributed by atoms with Crippen molar-refractivity contribution in [1.82, 2.24) is 5.32 Å². The summed E-state index contributed by atoms with van der Waals surface area (Å²) in [6.07, 6.45) is 0. The van der Waals surface area contributed by atoms with Crippen LogP contribution in [0.25, 0.3) is 10.8 Å². The summed E-state index contributed by atoms with van der Waals surface area (Å²) < 4.78 is 1.17. The van der Waals surface area contributed by atoms with Crippen LogP contribution in [0.2, 0.25) is 0 Å². The molecule has 112 valence electrons. The minimum atomic E-state index is 0.282. The summed E-state index contributed by atoms with van der Waals surface area (Å²) in [5.41, 5.74) is 1.63. The predicted octanol–water partition coefficient (Wildman–Crippen LogP) is 4.43. The molecule has 21 heavy (non-hydrogen) atoms. The molecular weight excluding hydrogens is 324 g/mol. The molecule has 3 heteroatoms. The molecule has 2 aromatic carbocycles. The van der Waals surface area contributed by atoms with Crippen molar-refractivity contribution in [2.75, 3.05) is 24.5 Å². The summed E-state index contributed by atoms with van der Waals surface area (Å²) in [6.45, 7) is 10.1. The van der Waals surface area contributed by atoms with Crippen LogP contribution < -0.4 is 10.2 Å². The van der Waals surface area contributed by atoms with Gasteiger partial charge < -0.3 is 10.2 Å². The molecule has 0 bridgehead atoms. The second kappa shape index (κ2) is 5.62. The van der Waals surface area contributed by atoms with Crippen LogP contribution in [0.5, 0.6) is 0 Å². The van der Waals surface area contributed by atoms with E-state index in [1.54, 1.807) is 0 Å². The van der Waals surface area contributed by atoms with Gasteiger partial charge in [-0.3, -0.25) is 0 Å². The van der Waals surface area contributed by atoms with E-state index in [0.717, 1.165) is 19.6 Å². The van der Waals surface area contributed by atoms with Crippen LogP contribution in [0.3, 0.4) is 0 Å². The second-order valence-corrected chi connectivity index (χ2v) is 7.79. The van der Waals surface area contributed by atoms with E-state index in [1.807, 2.05) is 0 Å². The molecule has 1 aliphatic rings. The van der Waals surface area contributed by atoms with Crippen LogP contribution in [0.4, 0.5) is 5.69 Å². The number of piperazine rings is 1. The van der Waals surface area contributed by atoms with E-state index < -0.39 is 0 Å². The Morgan fingerprint density at radius 1 is 1.10 bits per heavy atom. The largest absolute Gasteiger partial charge is 0.368 e. The van der Waals surface area contributed by atoms with Crippen molar-refractivity contribution in [1.29, 1.82) is 0 Å². The Kier molecular flexibility index (Phi) is 3.98. The van der Waals surface area contributed by atoms with Crippen LogP contribution in [0, 0.1) is 5.41 Å². The molecule has 0 saturated carbocycles. The Morgan fingerprint density at radius 3 is 2.52 bits per heavy atom. The number of nitrogens with one attached hydrogen (secondary N) is 1. The van der Waals surface area contributed by atoms with Gasteiger partial charge in [-0.1, -0.05) is 61.0 Å². The Balaban J connectivity index is 1.99. The average Bonchev–Trinajstić information content (AvgIpc) is 2.47. The zero-order valence-corrected chi connectivity index (χ0v) is 14.6. The molecule has 1 aliphatic heterocycles. The Labute approximate surface area is 135 Å². The highest BCUT2D eigenvalue weighted by Crippen LogP contribution is 2.33. The van der Waals surface area contributed by atoms with Crippen molar-refractivity contribution in [2.24, 2.45) is 5.41 Å². The molecule has 1 saturated heterocycles. The normalized spacial score (nSPS) is 20.0. The number of hydrogen-bond donors (Lipinski definition) is 1. The van der Waals surface area contributed by atoms with Crippen LogP contribution in [-0.2, 0) is 0 Å². The van der Waals surface area contributed by atoms with Gasteiger partial charge in [-0.2, -0.15) is 0 Å². The lowest BCUT2D eigenvalue weighted by molar-refractivity contribution is 0.254. The zero-order valence-electron chi connectivity index (χ0n) is 13.0. The maximum absolute atomic E-state index is 3.67. The van der Waals surface area contributed by atoms with Crippen LogP contribution in [0.1, 0.15) is 20.8 Å². The lowest BCUT2D eigenvalue weighted by Gasteiger charge is -2.42. The molecule has 0 aromatic heterocycles. The van der Waals surface area contributed by atoms with E-state index in [-0.39, 0.29) is 5.41 Å². The second-order valence-electron chi connectivity index (χ2n) is 6.93. The third kappa shape index (κ3) is 2.95. The molecule has 2 nitrogen and oxygen atoms in total. The van der Waals surface area contributed by atoms with E-state index in [1.165, 1.54) is 20.9 Å². The van der Waals surface area contributed by atoms with Crippen molar-refractivity contribution < 1.29 is 0 Å². The molecule has 1 N–H and O–H groups in total. The first kappa shape index (κ1) is 14.9. The van der Waals surface area contributed by atoms with Gasteiger partial charge >= 0.3 is 0 Å². The lowest BCUT2D eigenvalue weighted by Crippen LogP contribution is -2.56. The van der Waals surface area contributed by atoms with Gasteiger partial charge in [0.15, 0.2) is 0 Å². The van der Waals surface area contributed by atoms with Gasteiger partial charge in [0.1, 0.15) is 0 Å². The first-order valence-corrected chi connectivity index (χ1v) is 8.42. The third-order valence-electron chi connectivity index (χ3n) is 4.41. The van der Waals surface area contributed by atoms with E-state index in [9.17, 15) is 0 Å². The minimum absolute atomic E-state index is 0.282. The molecule has 1 fully saturated rings. The number of anilines is 1. The predicted molar refractivity (Wildman–Crippen MR) is 95.1 cm³/mol. The molecule has 0 aliphatic carbocycles. The van der Waals surface area contributed by atoms with Crippen LogP contribution >= 0.6 is 15.9 Å². The van der Waals surface area contributed by atoms with Gasteiger partial charge in [0.2, 0.25) is 0 Å². The van der Waals surface area contributed by atoms with Gasteiger partial charge in [0, 0.05) is 41.2 Å². The van der Waals surface area contributed by atoms with Crippen LogP contribution in [0.15, 0.2) is 40.9 Å². The van der Waals surface area contributed by atoms with Crippen LogP contribution in [-0.4, -0.2) is 25.7 Å². The number of fused-ring (bicyclic) bond motifs is 1. The van der Waals surface area contributed by atoms with Crippen molar-refractivity contribution in [3.05, 3.63) is 40.9 Å². The fourth-order valence-corrected chi connectivity index (χ4v) is 3.55. The minimum Gasteiger partial charge on any atom is -0.368 e. The highest BCUT2D eigenvalue weighted by molar-refractivity contribution is 9.10. The van der Waals surface area contributed by atoms with E-state index in [2.05, 4.69) is 83.3 Å². The van der Waals surface area contributed by atoms with Gasteiger partial charge in [0.25, 0.3) is 0 Å².